The molecular weight excluding hydrogens is 322 g/mol. The molecular formula is C18H22ClN5. The van der Waals surface area contributed by atoms with E-state index < -0.39 is 0 Å². The molecule has 0 aromatic carbocycles. The Kier molecular flexibility index (Phi) is 4.63. The minimum absolute atomic E-state index is 0.492. The van der Waals surface area contributed by atoms with Gasteiger partial charge in [0.25, 0.3) is 0 Å². The fourth-order valence-electron chi connectivity index (χ4n) is 3.20. The van der Waals surface area contributed by atoms with Gasteiger partial charge in [0.15, 0.2) is 0 Å². The zero-order valence-corrected chi connectivity index (χ0v) is 14.4. The molecule has 3 heterocycles. The average Bonchev–Trinajstić information content (AvgIpc) is 3.44. The SMILES string of the molecule is Clc1ccc(CN2CCC(Nc3ccnc(C4CC4)n3)CC2)cn1. The molecule has 1 N–H and O–H groups in total. The summed E-state index contributed by atoms with van der Waals surface area (Å²) in [5.74, 6) is 2.58. The number of nitrogens with zero attached hydrogens (tertiary/aromatic N) is 4. The first-order valence-corrected chi connectivity index (χ1v) is 9.06. The quantitative estimate of drug-likeness (QED) is 0.842. The van der Waals surface area contributed by atoms with Gasteiger partial charge in [-0.1, -0.05) is 17.7 Å². The summed E-state index contributed by atoms with van der Waals surface area (Å²) in [5.41, 5.74) is 1.22. The van der Waals surface area contributed by atoms with Crippen LogP contribution in [0.25, 0.3) is 0 Å². The fourth-order valence-corrected chi connectivity index (χ4v) is 3.31. The number of aromatic nitrogens is 3. The number of halogens is 1. The predicted molar refractivity (Wildman–Crippen MR) is 95.2 cm³/mol. The van der Waals surface area contributed by atoms with Crippen LogP contribution in [0.5, 0.6) is 0 Å². The fraction of sp³-hybridized carbons (Fsp3) is 0.500. The van der Waals surface area contributed by atoms with Crippen molar-refractivity contribution in [1.82, 2.24) is 19.9 Å². The number of anilines is 1. The molecule has 0 unspecified atom stereocenters. The van der Waals surface area contributed by atoms with Gasteiger partial charge >= 0.3 is 0 Å². The van der Waals surface area contributed by atoms with Crippen LogP contribution < -0.4 is 5.32 Å². The molecule has 2 aromatic rings. The van der Waals surface area contributed by atoms with Crippen molar-refractivity contribution in [2.24, 2.45) is 0 Å². The maximum Gasteiger partial charge on any atom is 0.133 e. The molecule has 1 aliphatic carbocycles. The largest absolute Gasteiger partial charge is 0.367 e. The highest BCUT2D eigenvalue weighted by molar-refractivity contribution is 6.29. The van der Waals surface area contributed by atoms with E-state index in [0.717, 1.165) is 44.1 Å². The number of hydrogen-bond donors (Lipinski definition) is 1. The van der Waals surface area contributed by atoms with Crippen LogP contribution >= 0.6 is 11.6 Å². The number of pyridine rings is 1. The highest BCUT2D eigenvalue weighted by Gasteiger charge is 2.27. The summed E-state index contributed by atoms with van der Waals surface area (Å²) in [7, 11) is 0. The lowest BCUT2D eigenvalue weighted by Gasteiger charge is -2.32. The number of hydrogen-bond acceptors (Lipinski definition) is 5. The molecule has 126 valence electrons. The third-order valence-corrected chi connectivity index (χ3v) is 4.97. The third-order valence-electron chi connectivity index (χ3n) is 4.75. The van der Waals surface area contributed by atoms with E-state index in [4.69, 9.17) is 11.6 Å². The molecule has 1 aliphatic heterocycles. The minimum Gasteiger partial charge on any atom is -0.367 e. The summed E-state index contributed by atoms with van der Waals surface area (Å²) in [4.78, 5) is 15.7. The van der Waals surface area contributed by atoms with Crippen LogP contribution in [0.3, 0.4) is 0 Å². The summed E-state index contributed by atoms with van der Waals surface area (Å²) in [6, 6.07) is 6.39. The van der Waals surface area contributed by atoms with Crippen LogP contribution in [-0.2, 0) is 6.54 Å². The zero-order valence-electron chi connectivity index (χ0n) is 13.7. The van der Waals surface area contributed by atoms with Gasteiger partial charge in [0.05, 0.1) is 0 Å². The topological polar surface area (TPSA) is 53.9 Å². The van der Waals surface area contributed by atoms with E-state index in [-0.39, 0.29) is 0 Å². The van der Waals surface area contributed by atoms with Crippen molar-refractivity contribution < 1.29 is 0 Å². The lowest BCUT2D eigenvalue weighted by atomic mass is 10.0. The van der Waals surface area contributed by atoms with Gasteiger partial charge in [0.2, 0.25) is 0 Å². The first-order chi connectivity index (χ1) is 11.8. The Balaban J connectivity index is 1.28. The van der Waals surface area contributed by atoms with Crippen LogP contribution in [0.15, 0.2) is 30.6 Å². The lowest BCUT2D eigenvalue weighted by Crippen LogP contribution is -2.38. The molecule has 0 bridgehead atoms. The Morgan fingerprint density at radius 1 is 1.08 bits per heavy atom. The van der Waals surface area contributed by atoms with Gasteiger partial charge in [0, 0.05) is 44.0 Å². The van der Waals surface area contributed by atoms with Gasteiger partial charge < -0.3 is 5.32 Å². The monoisotopic (exact) mass is 343 g/mol. The first-order valence-electron chi connectivity index (χ1n) is 8.68. The maximum absolute atomic E-state index is 5.84. The van der Waals surface area contributed by atoms with E-state index in [2.05, 4.69) is 31.2 Å². The Labute approximate surface area is 147 Å². The van der Waals surface area contributed by atoms with Crippen molar-refractivity contribution >= 4 is 17.4 Å². The molecule has 4 rings (SSSR count). The van der Waals surface area contributed by atoms with Gasteiger partial charge in [-0.2, -0.15) is 0 Å². The van der Waals surface area contributed by atoms with Gasteiger partial charge in [-0.15, -0.1) is 0 Å². The highest BCUT2D eigenvalue weighted by Crippen LogP contribution is 2.38. The minimum atomic E-state index is 0.492. The summed E-state index contributed by atoms with van der Waals surface area (Å²) in [6.07, 6.45) is 8.48. The van der Waals surface area contributed by atoms with Crippen molar-refractivity contribution in [3.8, 4) is 0 Å². The van der Waals surface area contributed by atoms with E-state index in [9.17, 15) is 0 Å². The van der Waals surface area contributed by atoms with E-state index in [0.29, 0.717) is 17.1 Å². The van der Waals surface area contributed by atoms with Crippen LogP contribution in [0, 0.1) is 0 Å². The van der Waals surface area contributed by atoms with Crippen LogP contribution in [0.2, 0.25) is 5.15 Å². The Bertz CT molecular complexity index is 678. The normalized spacial score (nSPS) is 19.4. The lowest BCUT2D eigenvalue weighted by molar-refractivity contribution is 0.211. The zero-order chi connectivity index (χ0) is 16.4. The van der Waals surface area contributed by atoms with E-state index in [1.54, 1.807) is 0 Å². The molecule has 0 amide bonds. The molecule has 5 nitrogen and oxygen atoms in total. The molecule has 2 fully saturated rings. The Morgan fingerprint density at radius 3 is 2.62 bits per heavy atom. The average molecular weight is 344 g/mol. The van der Waals surface area contributed by atoms with Crippen LogP contribution in [0.1, 0.15) is 43.0 Å². The van der Waals surface area contributed by atoms with Gasteiger partial charge in [-0.3, -0.25) is 4.90 Å². The Morgan fingerprint density at radius 2 is 1.92 bits per heavy atom. The summed E-state index contributed by atoms with van der Waals surface area (Å²) in [6.45, 7) is 3.11. The van der Waals surface area contributed by atoms with E-state index in [1.165, 1.54) is 18.4 Å². The van der Waals surface area contributed by atoms with Crippen LogP contribution in [-0.4, -0.2) is 39.0 Å². The van der Waals surface area contributed by atoms with E-state index in [1.807, 2.05) is 24.5 Å². The first kappa shape index (κ1) is 15.8. The second-order valence-corrected chi connectivity index (χ2v) is 7.15. The van der Waals surface area contributed by atoms with Crippen molar-refractivity contribution in [2.45, 2.75) is 44.2 Å². The second kappa shape index (κ2) is 7.03. The van der Waals surface area contributed by atoms with Crippen molar-refractivity contribution in [3.63, 3.8) is 0 Å². The van der Waals surface area contributed by atoms with Crippen molar-refractivity contribution in [3.05, 3.63) is 47.1 Å². The Hall–Kier alpha value is -1.72. The van der Waals surface area contributed by atoms with E-state index >= 15 is 0 Å². The third kappa shape index (κ3) is 4.02. The number of rotatable bonds is 5. The summed E-state index contributed by atoms with van der Waals surface area (Å²) in [5, 5.41) is 4.14. The smallest absolute Gasteiger partial charge is 0.133 e. The molecule has 1 saturated carbocycles. The predicted octanol–water partition coefficient (Wildman–Crippen LogP) is 3.48. The molecule has 2 aliphatic rings. The number of likely N-dealkylation sites (tertiary alicyclic amines) is 1. The van der Waals surface area contributed by atoms with Gasteiger partial charge in [-0.25, -0.2) is 15.0 Å². The maximum atomic E-state index is 5.84. The van der Waals surface area contributed by atoms with Crippen molar-refractivity contribution in [2.75, 3.05) is 18.4 Å². The number of piperidine rings is 1. The molecule has 6 heteroatoms. The summed E-state index contributed by atoms with van der Waals surface area (Å²) < 4.78 is 0. The molecule has 0 atom stereocenters. The molecule has 24 heavy (non-hydrogen) atoms. The second-order valence-electron chi connectivity index (χ2n) is 6.76. The number of nitrogens with one attached hydrogen (secondary N) is 1. The van der Waals surface area contributed by atoms with Gasteiger partial charge in [-0.05, 0) is 43.4 Å². The summed E-state index contributed by atoms with van der Waals surface area (Å²) >= 11 is 5.84. The highest BCUT2D eigenvalue weighted by atomic mass is 35.5. The van der Waals surface area contributed by atoms with Crippen LogP contribution in [0.4, 0.5) is 5.82 Å². The molecule has 0 spiro atoms. The van der Waals surface area contributed by atoms with Crippen molar-refractivity contribution in [1.29, 1.82) is 0 Å². The van der Waals surface area contributed by atoms with Gasteiger partial charge in [0.1, 0.15) is 16.8 Å². The molecule has 2 aromatic heterocycles. The standard InChI is InChI=1S/C18H22ClN5/c19-16-4-1-13(11-21-16)12-24-9-6-15(7-10-24)22-17-5-8-20-18(23-17)14-2-3-14/h1,4-5,8,11,14-15H,2-3,6-7,9-10,12H2,(H,20,22,23). The molecule has 1 saturated heterocycles. The molecule has 0 radical (unpaired) electrons.